The molecule has 2 unspecified atom stereocenters. The van der Waals surface area contributed by atoms with Crippen LogP contribution in [-0.4, -0.2) is 48.5 Å². The van der Waals surface area contributed by atoms with Gasteiger partial charge in [-0.05, 0) is 31.5 Å². The van der Waals surface area contributed by atoms with Crippen LogP contribution in [-0.2, 0) is 0 Å². The second-order valence-corrected chi connectivity index (χ2v) is 5.37. The average molecular weight is 334 g/mol. The molecule has 0 heterocycles. The smallest absolute Gasteiger partial charge is 0.422 e. The molecule has 0 aliphatic rings. The normalized spacial score (nSPS) is 14.0. The second-order valence-electron chi connectivity index (χ2n) is 5.37. The van der Waals surface area contributed by atoms with E-state index in [4.69, 9.17) is 0 Å². The molecule has 2 amide bonds. The van der Waals surface area contributed by atoms with Crippen molar-refractivity contribution in [3.8, 4) is 5.75 Å². The molecule has 0 radical (unpaired) electrons. The van der Waals surface area contributed by atoms with Gasteiger partial charge in [-0.1, -0.05) is 12.1 Å². The number of urea groups is 1. The quantitative estimate of drug-likeness (QED) is 0.841. The molecule has 0 spiro atoms. The number of carbonyl (C=O) groups excluding carboxylic acids is 1. The van der Waals surface area contributed by atoms with E-state index in [1.807, 2.05) is 0 Å². The van der Waals surface area contributed by atoms with Crippen molar-refractivity contribution in [3.05, 3.63) is 29.8 Å². The van der Waals surface area contributed by atoms with Gasteiger partial charge in [-0.3, -0.25) is 0 Å². The Hall–Kier alpha value is -1.96. The molecule has 0 saturated carbocycles. The Morgan fingerprint density at radius 2 is 1.87 bits per heavy atom. The van der Waals surface area contributed by atoms with Gasteiger partial charge in [0.25, 0.3) is 0 Å². The molecule has 1 aromatic carbocycles. The van der Waals surface area contributed by atoms with Gasteiger partial charge in [0.15, 0.2) is 6.61 Å². The second kappa shape index (κ2) is 8.05. The summed E-state index contributed by atoms with van der Waals surface area (Å²) in [4.78, 5) is 13.2. The van der Waals surface area contributed by atoms with Crippen molar-refractivity contribution >= 4 is 6.03 Å². The first kappa shape index (κ1) is 19.1. The van der Waals surface area contributed by atoms with E-state index in [1.54, 1.807) is 33.0 Å². The molecule has 2 N–H and O–H groups in total. The van der Waals surface area contributed by atoms with E-state index < -0.39 is 18.9 Å². The monoisotopic (exact) mass is 334 g/mol. The lowest BCUT2D eigenvalue weighted by molar-refractivity contribution is -0.153. The molecular weight excluding hydrogens is 313 g/mol. The summed E-state index contributed by atoms with van der Waals surface area (Å²) < 4.78 is 40.8. The fraction of sp³-hybridized carbons (Fsp3) is 0.533. The summed E-state index contributed by atoms with van der Waals surface area (Å²) in [5.74, 6) is 0.107. The van der Waals surface area contributed by atoms with E-state index in [0.717, 1.165) is 5.56 Å². The Balaban J connectivity index is 2.57. The highest BCUT2D eigenvalue weighted by molar-refractivity contribution is 5.74. The number of alkyl halides is 3. The summed E-state index contributed by atoms with van der Waals surface area (Å²) in [5, 5.41) is 12.0. The number of amides is 2. The minimum Gasteiger partial charge on any atom is -0.484 e. The fourth-order valence-corrected chi connectivity index (χ4v) is 1.88. The number of carbonyl (C=O) groups is 1. The number of benzene rings is 1. The standard InChI is InChI=1S/C15H21F3N2O3/c1-10(21)8-20(3)14(22)19-11(2)12-4-6-13(7-5-12)23-9-15(16,17)18/h4-7,10-11,21H,8-9H2,1-3H3,(H,19,22). The zero-order chi connectivity index (χ0) is 17.6. The summed E-state index contributed by atoms with van der Waals surface area (Å²) in [6.07, 6.45) is -5.01. The van der Waals surface area contributed by atoms with Crippen molar-refractivity contribution in [3.63, 3.8) is 0 Å². The van der Waals surface area contributed by atoms with Crippen molar-refractivity contribution in [2.45, 2.75) is 32.2 Å². The minimum atomic E-state index is -4.38. The van der Waals surface area contributed by atoms with E-state index in [2.05, 4.69) is 10.1 Å². The molecule has 1 rings (SSSR count). The topological polar surface area (TPSA) is 61.8 Å². The third kappa shape index (κ3) is 7.23. The zero-order valence-corrected chi connectivity index (χ0v) is 13.2. The highest BCUT2D eigenvalue weighted by Gasteiger charge is 2.28. The zero-order valence-electron chi connectivity index (χ0n) is 13.2. The van der Waals surface area contributed by atoms with Crippen LogP contribution in [0.3, 0.4) is 0 Å². The summed E-state index contributed by atoms with van der Waals surface area (Å²) in [6.45, 7) is 2.18. The predicted octanol–water partition coefficient (Wildman–Crippen LogP) is 2.71. The molecule has 8 heteroatoms. The minimum absolute atomic E-state index is 0.107. The number of halogens is 3. The van der Waals surface area contributed by atoms with Gasteiger partial charge in [0, 0.05) is 13.6 Å². The van der Waals surface area contributed by atoms with Crippen molar-refractivity contribution in [1.29, 1.82) is 0 Å². The number of likely N-dealkylation sites (N-methyl/N-ethyl adjacent to an activating group) is 1. The highest BCUT2D eigenvalue weighted by atomic mass is 19.4. The van der Waals surface area contributed by atoms with Crippen LogP contribution in [0, 0.1) is 0 Å². The van der Waals surface area contributed by atoms with Crippen molar-refractivity contribution in [1.82, 2.24) is 10.2 Å². The van der Waals surface area contributed by atoms with Crippen LogP contribution in [0.1, 0.15) is 25.5 Å². The Morgan fingerprint density at radius 3 is 2.35 bits per heavy atom. The molecule has 130 valence electrons. The SMILES string of the molecule is CC(O)CN(C)C(=O)NC(C)c1ccc(OCC(F)(F)F)cc1. The summed E-state index contributed by atoms with van der Waals surface area (Å²) in [5.41, 5.74) is 0.725. The van der Waals surface area contributed by atoms with Gasteiger partial charge in [-0.2, -0.15) is 13.2 Å². The van der Waals surface area contributed by atoms with Gasteiger partial charge in [0.1, 0.15) is 5.75 Å². The average Bonchev–Trinajstić information content (AvgIpc) is 2.44. The first-order chi connectivity index (χ1) is 10.6. The maximum atomic E-state index is 12.1. The lowest BCUT2D eigenvalue weighted by atomic mass is 10.1. The van der Waals surface area contributed by atoms with Crippen LogP contribution in [0.4, 0.5) is 18.0 Å². The number of hydrogen-bond donors (Lipinski definition) is 2. The molecule has 5 nitrogen and oxygen atoms in total. The Labute approximate surface area is 133 Å². The number of ether oxygens (including phenoxy) is 1. The molecule has 0 aliphatic carbocycles. The van der Waals surface area contributed by atoms with Gasteiger partial charge in [0.2, 0.25) is 0 Å². The van der Waals surface area contributed by atoms with Crippen LogP contribution in [0.2, 0.25) is 0 Å². The molecule has 2 atom stereocenters. The van der Waals surface area contributed by atoms with Crippen LogP contribution < -0.4 is 10.1 Å². The number of nitrogens with one attached hydrogen (secondary N) is 1. The predicted molar refractivity (Wildman–Crippen MR) is 79.2 cm³/mol. The molecule has 0 aliphatic heterocycles. The maximum Gasteiger partial charge on any atom is 0.422 e. The lowest BCUT2D eigenvalue weighted by Gasteiger charge is -2.22. The van der Waals surface area contributed by atoms with Crippen LogP contribution in [0.5, 0.6) is 5.75 Å². The summed E-state index contributed by atoms with van der Waals surface area (Å²) in [7, 11) is 1.56. The molecule has 0 bridgehead atoms. The number of rotatable bonds is 6. The van der Waals surface area contributed by atoms with Gasteiger partial charge in [-0.25, -0.2) is 4.79 Å². The number of aliphatic hydroxyl groups is 1. The van der Waals surface area contributed by atoms with E-state index in [9.17, 15) is 23.1 Å². The molecule has 0 aromatic heterocycles. The lowest BCUT2D eigenvalue weighted by Crippen LogP contribution is -2.41. The van der Waals surface area contributed by atoms with Crippen LogP contribution >= 0.6 is 0 Å². The van der Waals surface area contributed by atoms with Crippen LogP contribution in [0.15, 0.2) is 24.3 Å². The van der Waals surface area contributed by atoms with Gasteiger partial charge >= 0.3 is 12.2 Å². The number of aliphatic hydroxyl groups excluding tert-OH is 1. The summed E-state index contributed by atoms with van der Waals surface area (Å²) in [6, 6.07) is 5.33. The van der Waals surface area contributed by atoms with E-state index >= 15 is 0 Å². The van der Waals surface area contributed by atoms with Gasteiger partial charge < -0.3 is 20.1 Å². The van der Waals surface area contributed by atoms with E-state index in [-0.39, 0.29) is 24.4 Å². The van der Waals surface area contributed by atoms with Crippen LogP contribution in [0.25, 0.3) is 0 Å². The van der Waals surface area contributed by atoms with Crippen molar-refractivity contribution in [2.75, 3.05) is 20.2 Å². The molecular formula is C15H21F3N2O3. The molecule has 0 saturated heterocycles. The Morgan fingerprint density at radius 1 is 1.30 bits per heavy atom. The first-order valence-corrected chi connectivity index (χ1v) is 7.07. The molecule has 1 aromatic rings. The van der Waals surface area contributed by atoms with E-state index in [1.165, 1.54) is 17.0 Å². The van der Waals surface area contributed by atoms with E-state index in [0.29, 0.717) is 0 Å². The first-order valence-electron chi connectivity index (χ1n) is 7.07. The number of hydrogen-bond acceptors (Lipinski definition) is 3. The largest absolute Gasteiger partial charge is 0.484 e. The Bertz CT molecular complexity index is 504. The van der Waals surface area contributed by atoms with Crippen molar-refractivity contribution < 1.29 is 27.8 Å². The third-order valence-electron chi connectivity index (χ3n) is 3.01. The molecule has 23 heavy (non-hydrogen) atoms. The fourth-order valence-electron chi connectivity index (χ4n) is 1.88. The van der Waals surface area contributed by atoms with Crippen molar-refractivity contribution in [2.24, 2.45) is 0 Å². The summed E-state index contributed by atoms with van der Waals surface area (Å²) >= 11 is 0. The van der Waals surface area contributed by atoms with Gasteiger partial charge in [-0.15, -0.1) is 0 Å². The Kier molecular flexibility index (Phi) is 6.68. The highest BCUT2D eigenvalue weighted by Crippen LogP contribution is 2.21. The third-order valence-corrected chi connectivity index (χ3v) is 3.01. The van der Waals surface area contributed by atoms with Gasteiger partial charge in [0.05, 0.1) is 12.1 Å². The molecule has 0 fully saturated rings. The number of nitrogens with zero attached hydrogens (tertiary/aromatic N) is 1. The maximum absolute atomic E-state index is 12.1.